The Morgan fingerprint density at radius 3 is 2.03 bits per heavy atom. The van der Waals surface area contributed by atoms with Crippen molar-refractivity contribution < 1.29 is 14.3 Å². The van der Waals surface area contributed by atoms with E-state index in [0.717, 1.165) is 27.8 Å². The summed E-state index contributed by atoms with van der Waals surface area (Å²) in [4.78, 5) is 25.0. The fourth-order valence-corrected chi connectivity index (χ4v) is 3.38. The number of carbonyl (C=O) groups excluding carboxylic acids is 2. The number of amides is 1. The first-order chi connectivity index (χ1) is 14.0. The molecule has 0 unspecified atom stereocenters. The Morgan fingerprint density at radius 2 is 1.45 bits per heavy atom. The number of nitrogens with one attached hydrogen (secondary N) is 1. The van der Waals surface area contributed by atoms with E-state index in [1.54, 1.807) is 0 Å². The molecule has 0 radical (unpaired) electrons. The van der Waals surface area contributed by atoms with Gasteiger partial charge in [-0.1, -0.05) is 71.8 Å². The monoisotopic (exact) mass is 387 g/mol. The van der Waals surface area contributed by atoms with Gasteiger partial charge in [-0.3, -0.25) is 4.79 Å². The third-order valence-corrected chi connectivity index (χ3v) is 4.78. The molecule has 29 heavy (non-hydrogen) atoms. The number of methoxy groups -OCH3 is 1. The van der Waals surface area contributed by atoms with Gasteiger partial charge in [0, 0.05) is 12.0 Å². The fraction of sp³-hybridized carbons (Fsp3) is 0.200. The highest BCUT2D eigenvalue weighted by atomic mass is 16.5. The van der Waals surface area contributed by atoms with Crippen molar-refractivity contribution in [2.75, 3.05) is 7.11 Å². The standard InChI is InChI=1S/C25H25NO3/c1-17-13-18(2)15-22(14-17)24(27)26-23(25(28)29-3)16-19-9-11-21(12-10-19)20-7-5-4-6-8-20/h4-15,23H,16H2,1-3H3,(H,26,27)/t23-/m0/s1. The molecule has 0 spiro atoms. The summed E-state index contributed by atoms with van der Waals surface area (Å²) in [6.07, 6.45) is 0.359. The summed E-state index contributed by atoms with van der Waals surface area (Å²) in [7, 11) is 1.33. The summed E-state index contributed by atoms with van der Waals surface area (Å²) in [5.41, 5.74) is 5.72. The van der Waals surface area contributed by atoms with Gasteiger partial charge >= 0.3 is 5.97 Å². The quantitative estimate of drug-likeness (QED) is 0.634. The summed E-state index contributed by atoms with van der Waals surface area (Å²) in [5.74, 6) is -0.747. The lowest BCUT2D eigenvalue weighted by atomic mass is 10.00. The van der Waals surface area contributed by atoms with Gasteiger partial charge in [0.2, 0.25) is 0 Å². The topological polar surface area (TPSA) is 55.4 Å². The van der Waals surface area contributed by atoms with Crippen LogP contribution in [0.2, 0.25) is 0 Å². The average Bonchev–Trinajstić information content (AvgIpc) is 2.73. The number of ether oxygens (including phenoxy) is 1. The van der Waals surface area contributed by atoms with E-state index >= 15 is 0 Å². The van der Waals surface area contributed by atoms with Crippen molar-refractivity contribution in [3.63, 3.8) is 0 Å². The number of aryl methyl sites for hydroxylation is 2. The zero-order chi connectivity index (χ0) is 20.8. The van der Waals surface area contributed by atoms with Crippen LogP contribution in [0.3, 0.4) is 0 Å². The average molecular weight is 387 g/mol. The van der Waals surface area contributed by atoms with Gasteiger partial charge in [0.1, 0.15) is 6.04 Å². The molecule has 4 heteroatoms. The Bertz CT molecular complexity index is 974. The second-order valence-electron chi connectivity index (χ2n) is 7.19. The van der Waals surface area contributed by atoms with Crippen LogP contribution < -0.4 is 5.32 Å². The molecule has 1 N–H and O–H groups in total. The maximum absolute atomic E-state index is 12.7. The minimum atomic E-state index is -0.754. The predicted octanol–water partition coefficient (Wildman–Crippen LogP) is 4.48. The number of carbonyl (C=O) groups is 2. The summed E-state index contributed by atoms with van der Waals surface area (Å²) in [5, 5.41) is 2.82. The van der Waals surface area contributed by atoms with Crippen LogP contribution in [0.25, 0.3) is 11.1 Å². The maximum atomic E-state index is 12.7. The van der Waals surface area contributed by atoms with E-state index in [-0.39, 0.29) is 5.91 Å². The lowest BCUT2D eigenvalue weighted by Gasteiger charge is -2.17. The van der Waals surface area contributed by atoms with E-state index < -0.39 is 12.0 Å². The Kier molecular flexibility index (Phi) is 6.45. The van der Waals surface area contributed by atoms with Gasteiger partial charge in [0.15, 0.2) is 0 Å². The van der Waals surface area contributed by atoms with E-state index in [9.17, 15) is 9.59 Å². The molecule has 1 amide bonds. The Hall–Kier alpha value is -3.40. The van der Waals surface area contributed by atoms with Crippen molar-refractivity contribution in [2.45, 2.75) is 26.3 Å². The Morgan fingerprint density at radius 1 is 0.862 bits per heavy atom. The van der Waals surface area contributed by atoms with Crippen molar-refractivity contribution in [1.82, 2.24) is 5.32 Å². The Labute approximate surface area is 171 Å². The summed E-state index contributed by atoms with van der Waals surface area (Å²) < 4.78 is 4.91. The normalized spacial score (nSPS) is 11.6. The van der Waals surface area contributed by atoms with Gasteiger partial charge < -0.3 is 10.1 Å². The highest BCUT2D eigenvalue weighted by molar-refractivity contribution is 5.97. The summed E-state index contributed by atoms with van der Waals surface area (Å²) >= 11 is 0. The van der Waals surface area contributed by atoms with Crippen molar-refractivity contribution >= 4 is 11.9 Å². The SMILES string of the molecule is COC(=O)[C@H](Cc1ccc(-c2ccccc2)cc1)NC(=O)c1cc(C)cc(C)c1. The summed E-state index contributed by atoms with van der Waals surface area (Å²) in [6.45, 7) is 3.88. The van der Waals surface area contributed by atoms with Crippen molar-refractivity contribution in [2.24, 2.45) is 0 Å². The largest absolute Gasteiger partial charge is 0.467 e. The second kappa shape index (κ2) is 9.20. The van der Waals surface area contributed by atoms with Crippen molar-refractivity contribution in [1.29, 1.82) is 0 Å². The van der Waals surface area contributed by atoms with Crippen molar-refractivity contribution in [3.05, 3.63) is 95.1 Å². The highest BCUT2D eigenvalue weighted by Crippen LogP contribution is 2.20. The van der Waals surface area contributed by atoms with Crippen LogP contribution in [0.1, 0.15) is 27.0 Å². The molecular formula is C25H25NO3. The number of rotatable bonds is 6. The molecule has 0 aromatic heterocycles. The third-order valence-electron chi connectivity index (χ3n) is 4.78. The molecule has 0 saturated carbocycles. The molecule has 0 heterocycles. The molecule has 0 aliphatic carbocycles. The summed E-state index contributed by atoms with van der Waals surface area (Å²) in [6, 6.07) is 22.9. The molecule has 0 bridgehead atoms. The fourth-order valence-electron chi connectivity index (χ4n) is 3.38. The molecule has 4 nitrogen and oxygen atoms in total. The van der Waals surface area contributed by atoms with Crippen LogP contribution in [-0.4, -0.2) is 25.0 Å². The first kappa shape index (κ1) is 20.3. The third kappa shape index (κ3) is 5.32. The minimum absolute atomic E-state index is 0.284. The molecule has 3 aromatic rings. The molecule has 3 rings (SSSR count). The van der Waals surface area contributed by atoms with E-state index in [2.05, 4.69) is 17.4 Å². The highest BCUT2D eigenvalue weighted by Gasteiger charge is 2.23. The van der Waals surface area contributed by atoms with Crippen LogP contribution >= 0.6 is 0 Å². The van der Waals surface area contributed by atoms with Gasteiger partial charge in [-0.05, 0) is 42.7 Å². The first-order valence-electron chi connectivity index (χ1n) is 9.57. The van der Waals surface area contributed by atoms with E-state index in [1.807, 2.05) is 74.5 Å². The molecule has 3 aromatic carbocycles. The number of hydrogen-bond acceptors (Lipinski definition) is 3. The lowest BCUT2D eigenvalue weighted by Crippen LogP contribution is -2.43. The number of hydrogen-bond donors (Lipinski definition) is 1. The van der Waals surface area contributed by atoms with Crippen LogP contribution in [-0.2, 0) is 16.0 Å². The van der Waals surface area contributed by atoms with E-state index in [1.165, 1.54) is 7.11 Å². The predicted molar refractivity (Wildman–Crippen MR) is 115 cm³/mol. The Balaban J connectivity index is 1.75. The van der Waals surface area contributed by atoms with Crippen LogP contribution in [0, 0.1) is 13.8 Å². The zero-order valence-corrected chi connectivity index (χ0v) is 16.9. The molecule has 0 aliphatic rings. The first-order valence-corrected chi connectivity index (χ1v) is 9.57. The van der Waals surface area contributed by atoms with Crippen molar-refractivity contribution in [3.8, 4) is 11.1 Å². The molecule has 1 atom stereocenters. The van der Waals surface area contributed by atoms with Crippen LogP contribution in [0.15, 0.2) is 72.8 Å². The molecule has 148 valence electrons. The molecule has 0 aliphatic heterocycles. The number of esters is 1. The van der Waals surface area contributed by atoms with Gasteiger partial charge in [0.05, 0.1) is 7.11 Å². The van der Waals surface area contributed by atoms with Gasteiger partial charge in [0.25, 0.3) is 5.91 Å². The molecule has 0 saturated heterocycles. The minimum Gasteiger partial charge on any atom is -0.467 e. The van der Waals surface area contributed by atoms with Crippen LogP contribution in [0.5, 0.6) is 0 Å². The van der Waals surface area contributed by atoms with E-state index in [4.69, 9.17) is 4.74 Å². The lowest BCUT2D eigenvalue weighted by molar-refractivity contribution is -0.142. The van der Waals surface area contributed by atoms with Gasteiger partial charge in [-0.15, -0.1) is 0 Å². The smallest absolute Gasteiger partial charge is 0.328 e. The molecule has 0 fully saturated rings. The zero-order valence-electron chi connectivity index (χ0n) is 16.9. The molecular weight excluding hydrogens is 362 g/mol. The van der Waals surface area contributed by atoms with Gasteiger partial charge in [-0.2, -0.15) is 0 Å². The van der Waals surface area contributed by atoms with Gasteiger partial charge in [-0.25, -0.2) is 4.79 Å². The second-order valence-corrected chi connectivity index (χ2v) is 7.19. The van der Waals surface area contributed by atoms with E-state index in [0.29, 0.717) is 12.0 Å². The number of benzene rings is 3. The van der Waals surface area contributed by atoms with Crippen LogP contribution in [0.4, 0.5) is 0 Å². The maximum Gasteiger partial charge on any atom is 0.328 e.